The van der Waals surface area contributed by atoms with Gasteiger partial charge in [-0.1, -0.05) is 18.2 Å². The van der Waals surface area contributed by atoms with E-state index < -0.39 is 21.3 Å². The van der Waals surface area contributed by atoms with Crippen molar-refractivity contribution in [2.45, 2.75) is 36.1 Å². The minimum absolute atomic E-state index is 0.0216. The molecule has 2 aliphatic rings. The Kier molecular flexibility index (Phi) is 3.53. The van der Waals surface area contributed by atoms with Crippen molar-refractivity contribution in [3.8, 4) is 0 Å². The van der Waals surface area contributed by atoms with Gasteiger partial charge in [0.2, 0.25) is 0 Å². The fourth-order valence-electron chi connectivity index (χ4n) is 3.69. The first kappa shape index (κ1) is 14.5. The van der Waals surface area contributed by atoms with Crippen molar-refractivity contribution in [1.29, 1.82) is 0 Å². The Labute approximate surface area is 124 Å². The summed E-state index contributed by atoms with van der Waals surface area (Å²) in [5.74, 6) is -0.857. The van der Waals surface area contributed by atoms with Gasteiger partial charge in [-0.05, 0) is 44.0 Å². The van der Waals surface area contributed by atoms with Crippen LogP contribution in [0.1, 0.15) is 31.2 Å². The average molecular weight is 309 g/mol. The summed E-state index contributed by atoms with van der Waals surface area (Å²) in [4.78, 5) is 13.9. The molecule has 1 saturated heterocycles. The molecule has 114 valence electrons. The largest absolute Gasteiger partial charge is 0.481 e. The molecular weight excluding hydrogens is 290 g/mol. The van der Waals surface area contributed by atoms with E-state index in [1.807, 2.05) is 0 Å². The van der Waals surface area contributed by atoms with Gasteiger partial charge in [-0.25, -0.2) is 8.42 Å². The first-order chi connectivity index (χ1) is 9.96. The highest BCUT2D eigenvalue weighted by Crippen LogP contribution is 2.45. The average Bonchev–Trinajstić information content (AvgIpc) is 2.97. The maximum atomic E-state index is 12.3. The second-order valence-corrected chi connectivity index (χ2v) is 7.94. The number of sulfone groups is 1. The van der Waals surface area contributed by atoms with Crippen LogP contribution in [0.25, 0.3) is 0 Å². The number of rotatable bonds is 3. The van der Waals surface area contributed by atoms with Gasteiger partial charge >= 0.3 is 5.97 Å². The summed E-state index contributed by atoms with van der Waals surface area (Å²) in [5.41, 5.74) is -0.00917. The molecule has 3 rings (SSSR count). The maximum absolute atomic E-state index is 12.3. The molecule has 5 nitrogen and oxygen atoms in total. The molecule has 0 saturated carbocycles. The second-order valence-electron chi connectivity index (χ2n) is 5.86. The van der Waals surface area contributed by atoms with E-state index in [9.17, 15) is 18.3 Å². The minimum Gasteiger partial charge on any atom is -0.481 e. The lowest BCUT2D eigenvalue weighted by molar-refractivity contribution is -0.140. The van der Waals surface area contributed by atoms with E-state index in [0.717, 1.165) is 25.9 Å². The number of likely N-dealkylation sites (tertiary alicyclic amines) is 1. The van der Waals surface area contributed by atoms with E-state index in [-0.39, 0.29) is 12.2 Å². The summed E-state index contributed by atoms with van der Waals surface area (Å²) in [6.07, 6.45) is 2.39. The van der Waals surface area contributed by atoms with Crippen molar-refractivity contribution in [3.63, 3.8) is 0 Å². The van der Waals surface area contributed by atoms with Gasteiger partial charge in [0, 0.05) is 0 Å². The molecular formula is C15H19NO4S. The Hall–Kier alpha value is -1.40. The molecule has 1 fully saturated rings. The fraction of sp³-hybridized carbons (Fsp3) is 0.533. The van der Waals surface area contributed by atoms with Crippen molar-refractivity contribution in [2.75, 3.05) is 18.8 Å². The van der Waals surface area contributed by atoms with Gasteiger partial charge in [0.1, 0.15) is 0 Å². The third-order valence-electron chi connectivity index (χ3n) is 4.66. The lowest BCUT2D eigenvalue weighted by Gasteiger charge is -2.44. The number of hydrogen-bond donors (Lipinski definition) is 1. The standard InChI is InChI=1S/C15H19NO4S/c17-14(18)11-15(16-8-3-4-9-16)7-10-21(19,20)13-6-2-1-5-12(13)15/h1-2,5-6H,3-4,7-11H2,(H,17,18). The summed E-state index contributed by atoms with van der Waals surface area (Å²) in [6, 6.07) is 6.90. The Morgan fingerprint density at radius 2 is 1.90 bits per heavy atom. The van der Waals surface area contributed by atoms with Crippen LogP contribution in [0.5, 0.6) is 0 Å². The predicted molar refractivity (Wildman–Crippen MR) is 77.8 cm³/mol. The number of carboxylic acid groups (broad SMARTS) is 1. The van der Waals surface area contributed by atoms with Crippen LogP contribution < -0.4 is 0 Å². The van der Waals surface area contributed by atoms with Crippen molar-refractivity contribution >= 4 is 15.8 Å². The van der Waals surface area contributed by atoms with Gasteiger partial charge in [0.05, 0.1) is 22.6 Å². The number of fused-ring (bicyclic) bond motifs is 1. The lowest BCUT2D eigenvalue weighted by atomic mass is 9.82. The second kappa shape index (κ2) is 5.10. The van der Waals surface area contributed by atoms with Crippen molar-refractivity contribution < 1.29 is 18.3 Å². The topological polar surface area (TPSA) is 74.7 Å². The fourth-order valence-corrected chi connectivity index (χ4v) is 5.39. The quantitative estimate of drug-likeness (QED) is 0.918. The van der Waals surface area contributed by atoms with E-state index in [2.05, 4.69) is 4.90 Å². The maximum Gasteiger partial charge on any atom is 0.305 e. The van der Waals surface area contributed by atoms with Gasteiger partial charge in [-0.15, -0.1) is 0 Å². The number of hydrogen-bond acceptors (Lipinski definition) is 4. The first-order valence-corrected chi connectivity index (χ1v) is 8.90. The van der Waals surface area contributed by atoms with Crippen LogP contribution in [0, 0.1) is 0 Å². The number of benzene rings is 1. The third-order valence-corrected chi connectivity index (χ3v) is 6.43. The summed E-state index contributed by atoms with van der Waals surface area (Å²) in [5, 5.41) is 9.37. The first-order valence-electron chi connectivity index (χ1n) is 7.25. The Morgan fingerprint density at radius 1 is 1.24 bits per heavy atom. The zero-order valence-corrected chi connectivity index (χ0v) is 12.6. The third kappa shape index (κ3) is 2.36. The highest BCUT2D eigenvalue weighted by molar-refractivity contribution is 7.91. The van der Waals surface area contributed by atoms with Gasteiger partial charge in [0.15, 0.2) is 9.84 Å². The normalized spacial score (nSPS) is 28.2. The summed E-state index contributed by atoms with van der Waals surface area (Å²) < 4.78 is 24.6. The molecule has 0 radical (unpaired) electrons. The molecule has 6 heteroatoms. The van der Waals surface area contributed by atoms with Crippen LogP contribution in [-0.4, -0.2) is 43.2 Å². The van der Waals surface area contributed by atoms with Crippen LogP contribution in [0.3, 0.4) is 0 Å². The molecule has 1 N–H and O–H groups in total. The Bertz CT molecular complexity index is 664. The summed E-state index contributed by atoms with van der Waals surface area (Å²) >= 11 is 0. The van der Waals surface area contributed by atoms with E-state index >= 15 is 0 Å². The molecule has 0 spiro atoms. The molecule has 0 amide bonds. The molecule has 0 bridgehead atoms. The van der Waals surface area contributed by atoms with Crippen molar-refractivity contribution in [2.24, 2.45) is 0 Å². The highest BCUT2D eigenvalue weighted by Gasteiger charge is 2.47. The molecule has 2 heterocycles. The predicted octanol–water partition coefficient (Wildman–Crippen LogP) is 1.63. The zero-order valence-electron chi connectivity index (χ0n) is 11.8. The molecule has 0 aromatic heterocycles. The smallest absolute Gasteiger partial charge is 0.305 e. The monoisotopic (exact) mass is 309 g/mol. The molecule has 21 heavy (non-hydrogen) atoms. The number of carbonyl (C=O) groups is 1. The number of carboxylic acids is 1. The van der Waals surface area contributed by atoms with Crippen LogP contribution >= 0.6 is 0 Å². The van der Waals surface area contributed by atoms with Crippen LogP contribution in [0.2, 0.25) is 0 Å². The van der Waals surface area contributed by atoms with Crippen LogP contribution in [0.15, 0.2) is 29.2 Å². The van der Waals surface area contributed by atoms with E-state index in [4.69, 9.17) is 0 Å². The highest BCUT2D eigenvalue weighted by atomic mass is 32.2. The summed E-state index contributed by atoms with van der Waals surface area (Å²) in [6.45, 7) is 1.67. The minimum atomic E-state index is -3.30. The van der Waals surface area contributed by atoms with Gasteiger partial charge < -0.3 is 5.11 Å². The van der Waals surface area contributed by atoms with Crippen molar-refractivity contribution in [1.82, 2.24) is 4.90 Å². The van der Waals surface area contributed by atoms with E-state index in [1.54, 1.807) is 24.3 Å². The molecule has 2 aliphatic heterocycles. The Balaban J connectivity index is 2.18. The number of nitrogens with zero attached hydrogens (tertiary/aromatic N) is 1. The summed E-state index contributed by atoms with van der Waals surface area (Å²) in [7, 11) is -3.30. The molecule has 0 aliphatic carbocycles. The zero-order chi connectivity index (χ0) is 15.1. The molecule has 1 unspecified atom stereocenters. The van der Waals surface area contributed by atoms with Crippen molar-refractivity contribution in [3.05, 3.63) is 29.8 Å². The lowest BCUT2D eigenvalue weighted by Crippen LogP contribution is -2.50. The molecule has 1 aromatic carbocycles. The van der Waals surface area contributed by atoms with Gasteiger partial charge in [-0.2, -0.15) is 0 Å². The molecule has 1 atom stereocenters. The Morgan fingerprint density at radius 3 is 2.57 bits per heavy atom. The van der Waals surface area contributed by atoms with Crippen LogP contribution in [0.4, 0.5) is 0 Å². The van der Waals surface area contributed by atoms with E-state index in [0.29, 0.717) is 16.9 Å². The molecule has 1 aromatic rings. The SMILES string of the molecule is O=C(O)CC1(N2CCCC2)CCS(=O)(=O)c2ccccc21. The number of aliphatic carboxylic acids is 1. The van der Waals surface area contributed by atoms with Crippen LogP contribution in [-0.2, 0) is 20.2 Å². The van der Waals surface area contributed by atoms with Gasteiger partial charge in [-0.3, -0.25) is 9.69 Å². The van der Waals surface area contributed by atoms with Gasteiger partial charge in [0.25, 0.3) is 0 Å². The van der Waals surface area contributed by atoms with E-state index in [1.165, 1.54) is 0 Å².